The Balaban J connectivity index is 2.03. The van der Waals surface area contributed by atoms with Gasteiger partial charge >= 0.3 is 0 Å². The zero-order valence-corrected chi connectivity index (χ0v) is 9.42. The smallest absolute Gasteiger partial charge is 0.233 e. The summed E-state index contributed by atoms with van der Waals surface area (Å²) in [5, 5.41) is 0.779. The number of aromatic nitrogens is 3. The van der Waals surface area contributed by atoms with Crippen LogP contribution in [0.25, 0.3) is 11.0 Å². The maximum Gasteiger partial charge on any atom is 0.233 e. The van der Waals surface area contributed by atoms with Crippen molar-refractivity contribution in [1.29, 1.82) is 0 Å². The van der Waals surface area contributed by atoms with E-state index in [0.717, 1.165) is 5.39 Å². The summed E-state index contributed by atoms with van der Waals surface area (Å²) in [6.45, 7) is 0. The van der Waals surface area contributed by atoms with Crippen molar-refractivity contribution in [2.24, 2.45) is 0 Å². The van der Waals surface area contributed by atoms with Gasteiger partial charge in [-0.05, 0) is 30.3 Å². The number of rotatable bonds is 2. The van der Waals surface area contributed by atoms with E-state index in [1.165, 1.54) is 0 Å². The monoisotopic (exact) mass is 241 g/mol. The van der Waals surface area contributed by atoms with Crippen molar-refractivity contribution < 1.29 is 4.74 Å². The molecule has 3 rings (SSSR count). The van der Waals surface area contributed by atoms with Gasteiger partial charge in [0.25, 0.3) is 0 Å². The number of H-pyrrole nitrogens is 1. The number of nitrogens with zero attached hydrogens (tertiary/aromatic N) is 2. The molecule has 5 N–H and O–H groups in total. The molecule has 6 nitrogen and oxygen atoms in total. The second-order valence-corrected chi connectivity index (χ2v) is 3.80. The third-order valence-corrected chi connectivity index (χ3v) is 2.49. The van der Waals surface area contributed by atoms with Crippen LogP contribution in [0, 0.1) is 0 Å². The average Bonchev–Trinajstić information content (AvgIpc) is 2.80. The van der Waals surface area contributed by atoms with Crippen LogP contribution in [0.15, 0.2) is 36.5 Å². The van der Waals surface area contributed by atoms with Gasteiger partial charge in [0.15, 0.2) is 0 Å². The summed E-state index contributed by atoms with van der Waals surface area (Å²) in [4.78, 5) is 11.1. The number of nitrogen functional groups attached to an aromatic ring is 2. The van der Waals surface area contributed by atoms with Crippen molar-refractivity contribution >= 4 is 22.7 Å². The Labute approximate surface area is 103 Å². The first kappa shape index (κ1) is 10.4. The zero-order chi connectivity index (χ0) is 12.5. The lowest BCUT2D eigenvalue weighted by atomic mass is 10.3. The van der Waals surface area contributed by atoms with Crippen molar-refractivity contribution in [2.75, 3.05) is 11.5 Å². The van der Waals surface area contributed by atoms with Crippen LogP contribution in [0.1, 0.15) is 0 Å². The van der Waals surface area contributed by atoms with Crippen molar-refractivity contribution in [2.45, 2.75) is 0 Å². The highest BCUT2D eigenvalue weighted by atomic mass is 16.5. The van der Waals surface area contributed by atoms with Crippen molar-refractivity contribution in [3.63, 3.8) is 0 Å². The van der Waals surface area contributed by atoms with Gasteiger partial charge in [0.05, 0.1) is 5.39 Å². The quantitative estimate of drug-likeness (QED) is 0.595. The molecule has 0 radical (unpaired) electrons. The second-order valence-electron chi connectivity index (χ2n) is 3.80. The molecule has 0 atom stereocenters. The number of benzene rings is 1. The summed E-state index contributed by atoms with van der Waals surface area (Å²) >= 11 is 0. The van der Waals surface area contributed by atoms with Crippen LogP contribution < -0.4 is 16.2 Å². The van der Waals surface area contributed by atoms with Gasteiger partial charge in [-0.15, -0.1) is 0 Å². The molecule has 3 aromatic rings. The minimum Gasteiger partial charge on any atom is -0.438 e. The van der Waals surface area contributed by atoms with E-state index < -0.39 is 0 Å². The highest BCUT2D eigenvalue weighted by molar-refractivity contribution is 5.82. The first-order chi connectivity index (χ1) is 8.72. The van der Waals surface area contributed by atoms with Crippen LogP contribution in [0.5, 0.6) is 11.6 Å². The Hall–Kier alpha value is -2.76. The number of fused-ring (bicyclic) bond motifs is 1. The molecule has 0 bridgehead atoms. The first-order valence-electron chi connectivity index (χ1n) is 5.36. The predicted octanol–water partition coefficient (Wildman–Crippen LogP) is 1.91. The number of ether oxygens (including phenoxy) is 1. The lowest BCUT2D eigenvalue weighted by molar-refractivity contribution is 0.469. The van der Waals surface area contributed by atoms with Crippen LogP contribution in [-0.2, 0) is 0 Å². The number of nitrogens with two attached hydrogens (primary N) is 2. The third kappa shape index (κ3) is 1.80. The molecule has 0 unspecified atom stereocenters. The molecule has 1 aromatic carbocycles. The van der Waals surface area contributed by atoms with E-state index in [-0.39, 0.29) is 5.95 Å². The summed E-state index contributed by atoms with van der Waals surface area (Å²) < 4.78 is 5.68. The Morgan fingerprint density at radius 1 is 1.00 bits per heavy atom. The fourth-order valence-electron chi connectivity index (χ4n) is 1.65. The van der Waals surface area contributed by atoms with E-state index in [1.54, 1.807) is 30.5 Å². The second kappa shape index (κ2) is 3.92. The van der Waals surface area contributed by atoms with Crippen molar-refractivity contribution in [3.8, 4) is 11.6 Å². The Bertz CT molecular complexity index is 689. The fourth-order valence-corrected chi connectivity index (χ4v) is 1.65. The number of aromatic amines is 1. The normalized spacial score (nSPS) is 10.7. The van der Waals surface area contributed by atoms with Gasteiger partial charge in [-0.2, -0.15) is 9.97 Å². The summed E-state index contributed by atoms with van der Waals surface area (Å²) in [7, 11) is 0. The molecule has 0 saturated carbocycles. The molecular weight excluding hydrogens is 230 g/mol. The van der Waals surface area contributed by atoms with E-state index >= 15 is 0 Å². The van der Waals surface area contributed by atoms with Crippen LogP contribution in [-0.4, -0.2) is 15.0 Å². The minimum absolute atomic E-state index is 0.162. The molecule has 18 heavy (non-hydrogen) atoms. The SMILES string of the molecule is Nc1ccc(Oc2nc(N)nc3[nH]ccc23)cc1. The predicted molar refractivity (Wildman–Crippen MR) is 69.2 cm³/mol. The minimum atomic E-state index is 0.162. The molecule has 0 aliphatic heterocycles. The highest BCUT2D eigenvalue weighted by Crippen LogP contribution is 2.27. The van der Waals surface area contributed by atoms with Gasteiger partial charge in [0.1, 0.15) is 11.4 Å². The summed E-state index contributed by atoms with van der Waals surface area (Å²) in [5.41, 5.74) is 12.6. The van der Waals surface area contributed by atoms with E-state index in [2.05, 4.69) is 15.0 Å². The van der Waals surface area contributed by atoms with E-state index in [1.807, 2.05) is 6.07 Å². The zero-order valence-electron chi connectivity index (χ0n) is 9.42. The van der Waals surface area contributed by atoms with Gasteiger partial charge in [-0.1, -0.05) is 0 Å². The van der Waals surface area contributed by atoms with Gasteiger partial charge in [-0.25, -0.2) is 0 Å². The first-order valence-corrected chi connectivity index (χ1v) is 5.36. The van der Waals surface area contributed by atoms with Crippen LogP contribution in [0.2, 0.25) is 0 Å². The van der Waals surface area contributed by atoms with E-state index in [4.69, 9.17) is 16.2 Å². The number of anilines is 2. The van der Waals surface area contributed by atoms with Crippen LogP contribution in [0.3, 0.4) is 0 Å². The standard InChI is InChI=1S/C12H11N5O/c13-7-1-3-8(4-2-7)18-11-9-5-6-15-10(9)16-12(14)17-11/h1-6H,13H2,(H3,14,15,16,17). The van der Waals surface area contributed by atoms with Gasteiger partial charge < -0.3 is 21.2 Å². The van der Waals surface area contributed by atoms with Crippen molar-refractivity contribution in [1.82, 2.24) is 15.0 Å². The molecule has 0 fully saturated rings. The molecule has 0 saturated heterocycles. The highest BCUT2D eigenvalue weighted by Gasteiger charge is 2.09. The van der Waals surface area contributed by atoms with E-state index in [0.29, 0.717) is 23.0 Å². The summed E-state index contributed by atoms with van der Waals surface area (Å²) in [6, 6.07) is 8.89. The summed E-state index contributed by atoms with van der Waals surface area (Å²) in [6.07, 6.45) is 1.76. The van der Waals surface area contributed by atoms with Crippen LogP contribution >= 0.6 is 0 Å². The maximum atomic E-state index is 5.68. The topological polar surface area (TPSA) is 103 Å². The maximum absolute atomic E-state index is 5.68. The number of hydrogen-bond donors (Lipinski definition) is 3. The fraction of sp³-hybridized carbons (Fsp3) is 0. The largest absolute Gasteiger partial charge is 0.438 e. The molecular formula is C12H11N5O. The Morgan fingerprint density at radius 3 is 2.56 bits per heavy atom. The molecule has 2 aromatic heterocycles. The lowest BCUT2D eigenvalue weighted by Gasteiger charge is -2.06. The Kier molecular flexibility index (Phi) is 2.26. The molecule has 6 heteroatoms. The third-order valence-electron chi connectivity index (χ3n) is 2.49. The molecule has 0 aliphatic carbocycles. The molecule has 0 amide bonds. The number of hydrogen-bond acceptors (Lipinski definition) is 5. The molecule has 0 aliphatic rings. The van der Waals surface area contributed by atoms with Crippen LogP contribution in [0.4, 0.5) is 11.6 Å². The average molecular weight is 241 g/mol. The van der Waals surface area contributed by atoms with Gasteiger partial charge in [0.2, 0.25) is 11.8 Å². The van der Waals surface area contributed by atoms with Gasteiger partial charge in [0, 0.05) is 11.9 Å². The lowest BCUT2D eigenvalue weighted by Crippen LogP contribution is -1.98. The van der Waals surface area contributed by atoms with Crippen molar-refractivity contribution in [3.05, 3.63) is 36.5 Å². The molecule has 90 valence electrons. The molecule has 0 spiro atoms. The van der Waals surface area contributed by atoms with Gasteiger partial charge in [-0.3, -0.25) is 0 Å². The summed E-state index contributed by atoms with van der Waals surface area (Å²) in [5.74, 6) is 1.23. The Morgan fingerprint density at radius 2 is 1.78 bits per heavy atom. The van der Waals surface area contributed by atoms with E-state index in [9.17, 15) is 0 Å². The number of nitrogens with one attached hydrogen (secondary N) is 1. The molecule has 2 heterocycles.